The van der Waals surface area contributed by atoms with Gasteiger partial charge in [-0.15, -0.1) is 36.5 Å². The molecule has 0 heterocycles. The third-order valence-corrected chi connectivity index (χ3v) is 4.58. The Morgan fingerprint density at radius 3 is 1.19 bits per heavy atom. The first-order valence-electron chi connectivity index (χ1n) is 23.3. The lowest BCUT2D eigenvalue weighted by molar-refractivity contribution is -0.140. The van der Waals surface area contributed by atoms with E-state index >= 15 is 0 Å². The monoisotopic (exact) mass is 1230 g/mol. The fraction of sp³-hybridized carbons (Fsp3) is 0.547. The van der Waals surface area contributed by atoms with Crippen molar-refractivity contribution in [1.29, 1.82) is 0 Å². The number of alkyl halides is 1. The van der Waals surface area contributed by atoms with Gasteiger partial charge >= 0.3 is 23.9 Å². The third kappa shape index (κ3) is 172. The first-order valence-corrected chi connectivity index (χ1v) is 26.5. The lowest BCUT2D eigenvalue weighted by Gasteiger charge is -1.90. The zero-order valence-corrected chi connectivity index (χ0v) is 44.3. The Balaban J connectivity index is -0.0000000565. The Kier molecular flexibility index (Phi) is 106. The summed E-state index contributed by atoms with van der Waals surface area (Å²) in [6.45, 7) is 8.98. The molecule has 0 aromatic rings. The van der Waals surface area contributed by atoms with Gasteiger partial charge in [-0.1, -0.05) is 179 Å². The highest BCUT2D eigenvalue weighted by Gasteiger charge is 1.93. The van der Waals surface area contributed by atoms with Crippen LogP contribution in [0.25, 0.3) is 0 Å². The van der Waals surface area contributed by atoms with E-state index in [9.17, 15) is 19.2 Å². The molecule has 0 saturated carbocycles. The van der Waals surface area contributed by atoms with E-state index in [2.05, 4.69) is 130 Å². The Morgan fingerprint density at radius 2 is 0.910 bits per heavy atom. The van der Waals surface area contributed by atoms with Crippen molar-refractivity contribution in [2.24, 2.45) is 0 Å². The molecular weight excluding hydrogens is 1130 g/mol. The molecule has 388 valence electrons. The summed E-state index contributed by atoms with van der Waals surface area (Å²) < 4.78 is 83.7. The number of allylic oxidation sites excluding steroid dienone is 6. The molecule has 0 aromatic carbocycles. The van der Waals surface area contributed by atoms with Crippen LogP contribution in [0.4, 0.5) is 0 Å². The molecule has 0 saturated heterocycles. The maximum Gasteiger partial charge on any atom is 0.317 e. The number of carbonyl (C=O) groups excluding carboxylic acids is 3. The average molecular weight is 1230 g/mol. The number of aliphatic carboxylic acids is 1. The molecule has 0 aliphatic rings. The van der Waals surface area contributed by atoms with Crippen LogP contribution in [0, 0.1) is 72.1 Å². The van der Waals surface area contributed by atoms with Gasteiger partial charge in [0.15, 0.2) is 0 Å². The van der Waals surface area contributed by atoms with Gasteiger partial charge in [-0.25, -0.2) is 0 Å². The molecule has 0 aliphatic carbocycles. The van der Waals surface area contributed by atoms with Gasteiger partial charge < -0.3 is 24.4 Å². The summed E-state index contributed by atoms with van der Waals surface area (Å²) in [5, 5.41) is 15.1. The SMILES string of the molecule is BrP(Br)Br.C.C.C.C.C.C#CCC.C#CCC(=O)OC.[2H]C([2H])(/C=C\CC)/C=C\CC(=O)O.[2H]C([2H])(/C=C\CC)/C=C\CC(=O)OC.[2H]C([2H])(Br)C#CCC.[2H]C([2H])(C#CCC)C#CCC(=O)OC.[2H]C([2H])(O)C#CCC. The van der Waals surface area contributed by atoms with E-state index < -0.39 is 42.9 Å². The molecule has 0 bridgehead atoms. The van der Waals surface area contributed by atoms with Crippen molar-refractivity contribution in [2.75, 3.05) is 33.2 Å². The Hall–Kier alpha value is -3.49. The smallest absolute Gasteiger partial charge is 0.317 e. The Labute approximate surface area is 460 Å². The molecule has 2 N–H and O–H groups in total. The zero-order chi connectivity index (χ0) is 58.3. The van der Waals surface area contributed by atoms with Crippen LogP contribution in [0.5, 0.6) is 0 Å². The summed E-state index contributed by atoms with van der Waals surface area (Å²) in [5.41, 5.74) is 0. The molecule has 0 aromatic heterocycles. The standard InChI is InChI=1S/C10H16O2.C10H12O2.C9H14O2.C5H7Br.C5H6O2.C5H8O.C4H6.5CH4.Br3P/c2*1-3-4-5-6-7-8-9-10(11)12-2;1-2-3-4-5-6-7-8-9(10)11;1-2-3-4-5-6;1-3-4-5(6)7-2;1-2-3-4-5-6;1-3-4-2;;;;;;1-4(2)3/h4-5,7-8H,3,6,9H2,1-2H3;3,6,9H2,1-2H3;3-4,6-7H,2,5,8H2,1H3,(H,10,11);2,5H2,1H3;1H,4H2,2H3;6H,2,5H2,1H3;1H,4H2,2H3;5*1H4;/b5-4-,8-7-;;4-3-,7-6-;;;;;;;;;;/i2*6D2;2*5D2;;5D2;;;;;;;. The molecule has 9 nitrogen and oxygen atoms in total. The summed E-state index contributed by atoms with van der Waals surface area (Å²) in [6, 6.07) is 0. The predicted octanol–water partition coefficient (Wildman–Crippen LogP) is 16.2. The van der Waals surface area contributed by atoms with Gasteiger partial charge in [-0.05, 0) is 72.1 Å². The Morgan fingerprint density at radius 1 is 0.552 bits per heavy atom. The second-order valence-electron chi connectivity index (χ2n) is 9.20. The van der Waals surface area contributed by atoms with E-state index in [1.54, 1.807) is 19.1 Å². The minimum Gasteiger partial charge on any atom is -0.481 e. The lowest BCUT2D eigenvalue weighted by atomic mass is 10.3. The van der Waals surface area contributed by atoms with Crippen LogP contribution in [0.3, 0.4) is 0 Å². The van der Waals surface area contributed by atoms with E-state index in [4.69, 9.17) is 36.8 Å². The van der Waals surface area contributed by atoms with Gasteiger partial charge in [-0.2, -0.15) is 0 Å². The van der Waals surface area contributed by atoms with Crippen molar-refractivity contribution >= 4 is 90.3 Å². The number of ether oxygens (including phenoxy) is 3. The molecule has 14 heteroatoms. The van der Waals surface area contributed by atoms with Crippen molar-refractivity contribution < 1.29 is 57.3 Å². The zero-order valence-electron chi connectivity index (χ0n) is 47.1. The van der Waals surface area contributed by atoms with E-state index in [0.29, 0.717) is 19.3 Å². The molecular formula is C53H89Br4O9P. The first kappa shape index (κ1) is 67.8. The number of carboxylic acid groups (broad SMARTS) is 1. The number of halogens is 4. The normalized spacial score (nSPS) is 11.1. The summed E-state index contributed by atoms with van der Waals surface area (Å²) in [5.74, 6) is 21.4. The number of esters is 3. The number of carbonyl (C=O) groups is 4. The largest absolute Gasteiger partial charge is 0.481 e. The molecule has 67 heavy (non-hydrogen) atoms. The molecule has 0 amide bonds. The van der Waals surface area contributed by atoms with Gasteiger partial charge in [0.1, 0.15) is 23.4 Å². The Bertz CT molecular complexity index is 1900. The van der Waals surface area contributed by atoms with Gasteiger partial charge in [0.05, 0.1) is 54.1 Å². The van der Waals surface area contributed by atoms with Crippen LogP contribution in [0.2, 0.25) is 0 Å². The van der Waals surface area contributed by atoms with Gasteiger partial charge in [-0.3, -0.25) is 19.2 Å². The van der Waals surface area contributed by atoms with E-state index in [1.807, 2.05) is 40.5 Å². The van der Waals surface area contributed by atoms with Crippen LogP contribution in [-0.4, -0.2) is 67.3 Å². The number of rotatable bonds is 12. The summed E-state index contributed by atoms with van der Waals surface area (Å²) >= 11 is 12.2. The van der Waals surface area contributed by atoms with Gasteiger partial charge in [0, 0.05) is 31.2 Å². The highest BCUT2D eigenvalue weighted by Crippen LogP contribution is 2.59. The number of hydrogen-bond donors (Lipinski definition) is 2. The minimum atomic E-state index is -2.31. The lowest BCUT2D eigenvalue weighted by Crippen LogP contribution is -1.96. The van der Waals surface area contributed by atoms with Crippen LogP contribution in [-0.2, 0) is 33.4 Å². The summed E-state index contributed by atoms with van der Waals surface area (Å²) in [4.78, 5) is 41.5. The van der Waals surface area contributed by atoms with Crippen molar-refractivity contribution in [3.05, 3.63) is 48.6 Å². The molecule has 0 fully saturated rings. The number of methoxy groups -OCH3 is 3. The minimum absolute atomic E-state index is 0. The maximum absolute atomic E-state index is 10.7. The van der Waals surface area contributed by atoms with E-state index in [0.717, 1.165) is 19.3 Å². The van der Waals surface area contributed by atoms with Crippen molar-refractivity contribution in [2.45, 2.75) is 162 Å². The second-order valence-corrected chi connectivity index (χ2v) is 24.9. The fourth-order valence-corrected chi connectivity index (χ4v) is 1.96. The van der Waals surface area contributed by atoms with Crippen LogP contribution >= 0.6 is 66.4 Å². The quantitative estimate of drug-likeness (QED) is 0.0489. The summed E-state index contributed by atoms with van der Waals surface area (Å²) in [7, 11) is 3.87. The van der Waals surface area contributed by atoms with Crippen LogP contribution in [0.1, 0.15) is 176 Å². The second kappa shape index (κ2) is 105. The number of aliphatic hydroxyl groups is 1. The molecule has 0 rings (SSSR count). The molecule has 0 atom stereocenters. The van der Waals surface area contributed by atoms with E-state index in [-0.39, 0.29) is 78.8 Å². The van der Waals surface area contributed by atoms with Crippen molar-refractivity contribution in [3.8, 4) is 72.1 Å². The van der Waals surface area contributed by atoms with Crippen molar-refractivity contribution in [3.63, 3.8) is 0 Å². The van der Waals surface area contributed by atoms with Gasteiger partial charge in [0.2, 0.25) is 0 Å². The molecule has 0 aliphatic heterocycles. The van der Waals surface area contributed by atoms with E-state index in [1.165, 1.54) is 57.8 Å². The third-order valence-electron chi connectivity index (χ3n) is 4.38. The molecule has 0 unspecified atom stereocenters. The number of terminal acetylenes is 2. The number of hydrogen-bond acceptors (Lipinski definition) is 8. The highest BCUT2D eigenvalue weighted by atomic mass is 80.0. The van der Waals surface area contributed by atoms with Crippen LogP contribution < -0.4 is 0 Å². The topological polar surface area (TPSA) is 136 Å². The molecule has 0 radical (unpaired) electrons. The van der Waals surface area contributed by atoms with Crippen LogP contribution in [0.15, 0.2) is 48.6 Å². The molecule has 0 spiro atoms. The first-order chi connectivity index (χ1) is 33.1. The number of carboxylic acids is 1. The summed E-state index contributed by atoms with van der Waals surface area (Å²) in [6.07, 6.45) is 20.6. The van der Waals surface area contributed by atoms with Gasteiger partial charge in [0.25, 0.3) is 0 Å². The fourth-order valence-electron chi connectivity index (χ4n) is 1.82. The van der Waals surface area contributed by atoms with Crippen molar-refractivity contribution in [1.82, 2.24) is 0 Å². The highest BCUT2D eigenvalue weighted by molar-refractivity contribution is 9.93. The average Bonchev–Trinajstić information content (AvgIpc) is 3.28. The predicted molar refractivity (Wildman–Crippen MR) is 311 cm³/mol. The maximum atomic E-state index is 10.7.